The molecule has 1 aliphatic rings. The van der Waals surface area contributed by atoms with E-state index in [0.717, 1.165) is 17.8 Å². The first-order chi connectivity index (χ1) is 13.1. The molecule has 1 saturated heterocycles. The van der Waals surface area contributed by atoms with Gasteiger partial charge in [-0.25, -0.2) is 9.59 Å². The van der Waals surface area contributed by atoms with Gasteiger partial charge in [-0.05, 0) is 36.2 Å². The van der Waals surface area contributed by atoms with Crippen LogP contribution in [0.2, 0.25) is 0 Å². The van der Waals surface area contributed by atoms with Gasteiger partial charge >= 0.3 is 12.0 Å². The molecule has 2 amide bonds. The molecule has 0 saturated carbocycles. The standard InChI is InChI=1S/C21H25N3O3/c1-3-16-8-10-17(11-9-16)22-21(26)24-14-12-23(13-15-24)19-7-5-4-6-18(19)20(25)27-2/h4-11H,3,12-15H2,1-2H3,(H,22,26). The molecule has 0 aliphatic carbocycles. The van der Waals surface area contributed by atoms with Crippen LogP contribution in [0.4, 0.5) is 16.2 Å². The number of urea groups is 1. The van der Waals surface area contributed by atoms with Gasteiger partial charge in [0.2, 0.25) is 0 Å². The summed E-state index contributed by atoms with van der Waals surface area (Å²) in [4.78, 5) is 28.4. The summed E-state index contributed by atoms with van der Waals surface area (Å²) in [6.45, 7) is 4.61. The first-order valence-electron chi connectivity index (χ1n) is 9.19. The number of para-hydroxylation sites is 1. The third-order valence-corrected chi connectivity index (χ3v) is 4.83. The lowest BCUT2D eigenvalue weighted by Gasteiger charge is -2.36. The molecule has 2 aromatic carbocycles. The van der Waals surface area contributed by atoms with Crippen LogP contribution in [-0.2, 0) is 11.2 Å². The minimum Gasteiger partial charge on any atom is -0.465 e. The number of amides is 2. The lowest BCUT2D eigenvalue weighted by atomic mass is 10.1. The first kappa shape index (κ1) is 18.8. The number of carbonyl (C=O) groups is 2. The average molecular weight is 367 g/mol. The van der Waals surface area contributed by atoms with Crippen LogP contribution in [0.25, 0.3) is 0 Å². The highest BCUT2D eigenvalue weighted by Crippen LogP contribution is 2.23. The molecular formula is C21H25N3O3. The molecule has 2 aromatic rings. The molecule has 0 aromatic heterocycles. The third-order valence-electron chi connectivity index (χ3n) is 4.83. The Kier molecular flexibility index (Phi) is 5.96. The number of nitrogens with zero attached hydrogens (tertiary/aromatic N) is 2. The zero-order valence-electron chi connectivity index (χ0n) is 15.8. The van der Waals surface area contributed by atoms with Gasteiger partial charge in [-0.15, -0.1) is 0 Å². The molecule has 0 radical (unpaired) electrons. The molecule has 142 valence electrons. The Balaban J connectivity index is 1.60. The van der Waals surface area contributed by atoms with Crippen LogP contribution in [0.5, 0.6) is 0 Å². The van der Waals surface area contributed by atoms with Gasteiger partial charge in [0.15, 0.2) is 0 Å². The summed E-state index contributed by atoms with van der Waals surface area (Å²) in [5.74, 6) is -0.346. The maximum Gasteiger partial charge on any atom is 0.339 e. The molecule has 1 N–H and O–H groups in total. The fourth-order valence-electron chi connectivity index (χ4n) is 3.21. The number of nitrogens with one attached hydrogen (secondary N) is 1. The smallest absolute Gasteiger partial charge is 0.339 e. The fraction of sp³-hybridized carbons (Fsp3) is 0.333. The molecule has 0 atom stereocenters. The summed E-state index contributed by atoms with van der Waals surface area (Å²) in [6.07, 6.45) is 0.975. The van der Waals surface area contributed by atoms with Crippen molar-refractivity contribution in [1.82, 2.24) is 4.90 Å². The van der Waals surface area contributed by atoms with Crippen molar-refractivity contribution in [3.8, 4) is 0 Å². The van der Waals surface area contributed by atoms with Crippen LogP contribution in [0.15, 0.2) is 48.5 Å². The van der Waals surface area contributed by atoms with E-state index in [1.54, 1.807) is 11.0 Å². The number of anilines is 2. The molecule has 1 fully saturated rings. The van der Waals surface area contributed by atoms with Gasteiger partial charge in [-0.2, -0.15) is 0 Å². The minimum absolute atomic E-state index is 0.0971. The topological polar surface area (TPSA) is 61.9 Å². The lowest BCUT2D eigenvalue weighted by Crippen LogP contribution is -2.50. The third kappa shape index (κ3) is 4.39. The Bertz CT molecular complexity index is 797. The zero-order chi connectivity index (χ0) is 19.2. The summed E-state index contributed by atoms with van der Waals surface area (Å²) in [6, 6.07) is 15.2. The molecule has 0 bridgehead atoms. The fourth-order valence-corrected chi connectivity index (χ4v) is 3.21. The Morgan fingerprint density at radius 2 is 1.67 bits per heavy atom. The van der Waals surface area contributed by atoms with Gasteiger partial charge in [-0.1, -0.05) is 31.2 Å². The van der Waals surface area contributed by atoms with Gasteiger partial charge < -0.3 is 19.9 Å². The van der Waals surface area contributed by atoms with Crippen LogP contribution < -0.4 is 10.2 Å². The van der Waals surface area contributed by atoms with E-state index in [0.29, 0.717) is 31.7 Å². The normalized spacial score (nSPS) is 14.0. The van der Waals surface area contributed by atoms with E-state index in [9.17, 15) is 9.59 Å². The summed E-state index contributed by atoms with van der Waals surface area (Å²) < 4.78 is 4.87. The van der Waals surface area contributed by atoms with Crippen molar-refractivity contribution in [3.63, 3.8) is 0 Å². The van der Waals surface area contributed by atoms with Crippen LogP contribution >= 0.6 is 0 Å². The Hall–Kier alpha value is -3.02. The van der Waals surface area contributed by atoms with Crippen molar-refractivity contribution in [2.45, 2.75) is 13.3 Å². The van der Waals surface area contributed by atoms with Crippen LogP contribution in [-0.4, -0.2) is 50.2 Å². The molecule has 27 heavy (non-hydrogen) atoms. The van der Waals surface area contributed by atoms with E-state index in [4.69, 9.17) is 4.74 Å². The van der Waals surface area contributed by atoms with E-state index in [2.05, 4.69) is 17.1 Å². The van der Waals surface area contributed by atoms with Crippen molar-refractivity contribution in [2.75, 3.05) is 43.5 Å². The number of ether oxygens (including phenoxy) is 1. The second kappa shape index (κ2) is 8.58. The minimum atomic E-state index is -0.346. The number of hydrogen-bond donors (Lipinski definition) is 1. The number of hydrogen-bond acceptors (Lipinski definition) is 4. The van der Waals surface area contributed by atoms with E-state index in [-0.39, 0.29) is 12.0 Å². The van der Waals surface area contributed by atoms with Gasteiger partial charge in [-0.3, -0.25) is 0 Å². The lowest BCUT2D eigenvalue weighted by molar-refractivity contribution is 0.0601. The molecule has 0 spiro atoms. The maximum atomic E-state index is 12.5. The summed E-state index contributed by atoms with van der Waals surface area (Å²) in [7, 11) is 1.38. The Morgan fingerprint density at radius 1 is 1.00 bits per heavy atom. The molecule has 3 rings (SSSR count). The molecule has 6 heteroatoms. The van der Waals surface area contributed by atoms with Crippen molar-refractivity contribution < 1.29 is 14.3 Å². The molecule has 1 aliphatic heterocycles. The molecule has 1 heterocycles. The van der Waals surface area contributed by atoms with Gasteiger partial charge in [0.05, 0.1) is 18.4 Å². The highest BCUT2D eigenvalue weighted by atomic mass is 16.5. The van der Waals surface area contributed by atoms with Crippen molar-refractivity contribution in [1.29, 1.82) is 0 Å². The number of carbonyl (C=O) groups excluding carboxylic acids is 2. The average Bonchev–Trinajstić information content (AvgIpc) is 2.73. The number of aryl methyl sites for hydroxylation is 1. The number of esters is 1. The van der Waals surface area contributed by atoms with Gasteiger partial charge in [0, 0.05) is 31.9 Å². The van der Waals surface area contributed by atoms with E-state index >= 15 is 0 Å². The maximum absolute atomic E-state index is 12.5. The summed E-state index contributed by atoms with van der Waals surface area (Å²) in [5.41, 5.74) is 3.44. The predicted octanol–water partition coefficient (Wildman–Crippen LogP) is 3.39. The molecule has 6 nitrogen and oxygen atoms in total. The highest BCUT2D eigenvalue weighted by Gasteiger charge is 2.24. The number of methoxy groups -OCH3 is 1. The zero-order valence-corrected chi connectivity index (χ0v) is 15.8. The van der Waals surface area contributed by atoms with Crippen LogP contribution in [0.3, 0.4) is 0 Å². The van der Waals surface area contributed by atoms with Crippen molar-refractivity contribution >= 4 is 23.4 Å². The molecule has 0 unspecified atom stereocenters. The number of benzene rings is 2. The van der Waals surface area contributed by atoms with E-state index in [1.807, 2.05) is 42.5 Å². The second-order valence-corrected chi connectivity index (χ2v) is 6.46. The largest absolute Gasteiger partial charge is 0.465 e. The van der Waals surface area contributed by atoms with Crippen molar-refractivity contribution in [3.05, 3.63) is 59.7 Å². The summed E-state index contributed by atoms with van der Waals surface area (Å²) in [5, 5.41) is 2.95. The highest BCUT2D eigenvalue weighted by molar-refractivity contribution is 5.96. The quantitative estimate of drug-likeness (QED) is 0.842. The Labute approximate surface area is 159 Å². The van der Waals surface area contributed by atoms with Gasteiger partial charge in [0.1, 0.15) is 0 Å². The molecular weight excluding hydrogens is 342 g/mol. The van der Waals surface area contributed by atoms with Crippen LogP contribution in [0, 0.1) is 0 Å². The number of piperazine rings is 1. The van der Waals surface area contributed by atoms with Gasteiger partial charge in [0.25, 0.3) is 0 Å². The number of rotatable bonds is 4. The monoisotopic (exact) mass is 367 g/mol. The second-order valence-electron chi connectivity index (χ2n) is 6.46. The van der Waals surface area contributed by atoms with Crippen molar-refractivity contribution in [2.24, 2.45) is 0 Å². The van der Waals surface area contributed by atoms with E-state index in [1.165, 1.54) is 12.7 Å². The van der Waals surface area contributed by atoms with Crippen LogP contribution in [0.1, 0.15) is 22.8 Å². The van der Waals surface area contributed by atoms with E-state index < -0.39 is 0 Å². The predicted molar refractivity (Wildman–Crippen MR) is 106 cm³/mol. The SMILES string of the molecule is CCc1ccc(NC(=O)N2CCN(c3ccccc3C(=O)OC)CC2)cc1. The first-order valence-corrected chi connectivity index (χ1v) is 9.19. The summed E-state index contributed by atoms with van der Waals surface area (Å²) >= 11 is 0. The Morgan fingerprint density at radius 3 is 2.30 bits per heavy atom.